The third-order valence-electron chi connectivity index (χ3n) is 0. The van der Waals surface area contributed by atoms with E-state index < -0.39 is 9.76 Å². The van der Waals surface area contributed by atoms with E-state index in [4.69, 9.17) is 19.8 Å². The highest BCUT2D eigenvalue weighted by atomic mass is 79.9. The van der Waals surface area contributed by atoms with Gasteiger partial charge in [0.1, 0.15) is 0 Å². The number of halogens is 2. The third kappa shape index (κ3) is 2600. The molecule has 0 aliphatic rings. The predicted molar refractivity (Wildman–Crippen MR) is 45.2 cm³/mol. The molecule has 6 heteroatoms. The maximum Gasteiger partial charge on any atom is 0.372 e. The molecule has 0 radical (unpaired) electrons. The average molecular weight is 278 g/mol. The summed E-state index contributed by atoms with van der Waals surface area (Å²) in [6.07, 6.45) is 0. The Balaban J connectivity index is -0.0000000787. The van der Waals surface area contributed by atoms with Gasteiger partial charge < -0.3 is 10.2 Å². The Hall–Kier alpha value is -0.360. The molecule has 0 spiro atoms. The van der Waals surface area contributed by atoms with Crippen LogP contribution in [0.4, 0.5) is 9.59 Å². The molecule has 0 atom stereocenters. The Morgan fingerprint density at radius 2 is 1.00 bits per heavy atom. The fourth-order valence-corrected chi connectivity index (χ4v) is 0. The number of rotatable bonds is 0. The van der Waals surface area contributed by atoms with Gasteiger partial charge in [-0.1, -0.05) is 0 Å². The molecule has 60 valence electrons. The summed E-state index contributed by atoms with van der Waals surface area (Å²) in [6, 6.07) is 0. The van der Waals surface area contributed by atoms with Crippen LogP contribution in [0, 0.1) is 0 Å². The molecule has 4 nitrogen and oxygen atoms in total. The van der Waals surface area contributed by atoms with Crippen LogP contribution in [0.3, 0.4) is 0 Å². The highest BCUT2D eigenvalue weighted by molar-refractivity contribution is 9.18. The van der Waals surface area contributed by atoms with Crippen molar-refractivity contribution < 1.29 is 19.8 Å². The number of hydrogen-bond acceptors (Lipinski definition) is 2. The largest absolute Gasteiger partial charge is 0.473 e. The molecule has 0 rings (SSSR count). The lowest BCUT2D eigenvalue weighted by molar-refractivity contribution is 0.222. The third-order valence-corrected chi connectivity index (χ3v) is 0. The molecule has 0 aliphatic heterocycles. The molecule has 0 aromatic carbocycles. The molecule has 0 saturated heterocycles. The average Bonchev–Trinajstić information content (AvgIpc) is 1.66. The standard InChI is InChI=1S/C2H4.2CHBrO2/c1-2;2*2-1(3)4/h1-2H2;2*(H,3,4). The van der Waals surface area contributed by atoms with Crippen molar-refractivity contribution in [3.8, 4) is 0 Å². The zero-order valence-corrected chi connectivity index (χ0v) is 8.05. The van der Waals surface area contributed by atoms with Gasteiger partial charge in [0.05, 0.1) is 0 Å². The maximum absolute atomic E-state index is 8.92. The van der Waals surface area contributed by atoms with Crippen molar-refractivity contribution in [2.75, 3.05) is 0 Å². The van der Waals surface area contributed by atoms with E-state index in [0.717, 1.165) is 0 Å². The molecule has 0 unspecified atom stereocenters. The highest BCUT2D eigenvalue weighted by Crippen LogP contribution is 1.74. The van der Waals surface area contributed by atoms with Crippen LogP contribution in [-0.2, 0) is 0 Å². The minimum absolute atomic E-state index is 1.02. The zero-order valence-electron chi connectivity index (χ0n) is 4.88. The molecule has 0 heterocycles. The first-order valence-electron chi connectivity index (χ1n) is 1.73. The van der Waals surface area contributed by atoms with Crippen LogP contribution < -0.4 is 0 Å². The van der Waals surface area contributed by atoms with Crippen molar-refractivity contribution in [2.45, 2.75) is 0 Å². The molecule has 0 aromatic heterocycles. The molecule has 0 aliphatic carbocycles. The Labute approximate surface area is 74.8 Å². The molecule has 0 saturated carbocycles. The van der Waals surface area contributed by atoms with Crippen LogP contribution >= 0.6 is 31.9 Å². The lowest BCUT2D eigenvalue weighted by atomic mass is 11.3. The van der Waals surface area contributed by atoms with Gasteiger partial charge in [-0.15, -0.1) is 13.2 Å². The van der Waals surface area contributed by atoms with Gasteiger partial charge in [0, 0.05) is 31.9 Å². The van der Waals surface area contributed by atoms with Crippen LogP contribution in [0.1, 0.15) is 0 Å². The molecule has 0 bridgehead atoms. The number of carboxylic acid groups (broad SMARTS) is 2. The summed E-state index contributed by atoms with van der Waals surface area (Å²) in [4.78, 5) is 15.8. The lowest BCUT2D eigenvalue weighted by Gasteiger charge is -1.56. The SMILES string of the molecule is C=C.O=C(O)Br.O=C(O)Br. The van der Waals surface area contributed by atoms with Crippen molar-refractivity contribution in [3.63, 3.8) is 0 Å². The summed E-state index contributed by atoms with van der Waals surface area (Å²) in [6.45, 7) is 6.00. The van der Waals surface area contributed by atoms with E-state index in [1.165, 1.54) is 0 Å². The van der Waals surface area contributed by atoms with E-state index in [-0.39, 0.29) is 0 Å². The summed E-state index contributed by atoms with van der Waals surface area (Å²) >= 11 is 4.38. The zero-order chi connectivity index (χ0) is 9.15. The first-order chi connectivity index (χ1) is 4.46. The fourth-order valence-electron chi connectivity index (χ4n) is 0. The lowest BCUT2D eigenvalue weighted by Crippen LogP contribution is -1.65. The summed E-state index contributed by atoms with van der Waals surface area (Å²) in [7, 11) is 0. The van der Waals surface area contributed by atoms with Gasteiger partial charge in [0.2, 0.25) is 0 Å². The van der Waals surface area contributed by atoms with Crippen LogP contribution in [-0.4, -0.2) is 20.0 Å². The molecular weight excluding hydrogens is 272 g/mol. The summed E-state index contributed by atoms with van der Waals surface area (Å²) in [5, 5.41) is 14.7. The molecule has 2 N–H and O–H groups in total. The fraction of sp³-hybridized carbons (Fsp3) is 0. The second-order valence-electron chi connectivity index (χ2n) is 0.506. The summed E-state index contributed by atoms with van der Waals surface area (Å²) in [5.41, 5.74) is 0. The van der Waals surface area contributed by atoms with E-state index in [1.807, 2.05) is 0 Å². The van der Waals surface area contributed by atoms with E-state index in [0.29, 0.717) is 0 Å². The Morgan fingerprint density at radius 3 is 1.00 bits per heavy atom. The molecule has 0 amide bonds. The first kappa shape index (κ1) is 16.3. The van der Waals surface area contributed by atoms with Crippen molar-refractivity contribution in [2.24, 2.45) is 0 Å². The maximum atomic E-state index is 8.92. The van der Waals surface area contributed by atoms with Gasteiger partial charge in [0.25, 0.3) is 0 Å². The number of hydrogen-bond donors (Lipinski definition) is 2. The van der Waals surface area contributed by atoms with Crippen molar-refractivity contribution in [1.82, 2.24) is 0 Å². The Morgan fingerprint density at radius 1 is 1.00 bits per heavy atom. The monoisotopic (exact) mass is 276 g/mol. The quantitative estimate of drug-likeness (QED) is 0.527. The van der Waals surface area contributed by atoms with Gasteiger partial charge >= 0.3 is 9.76 Å². The van der Waals surface area contributed by atoms with Crippen LogP contribution in [0.5, 0.6) is 0 Å². The van der Waals surface area contributed by atoms with Gasteiger partial charge in [0.15, 0.2) is 0 Å². The summed E-state index contributed by atoms with van der Waals surface area (Å²) < 4.78 is 0. The minimum atomic E-state index is -1.02. The van der Waals surface area contributed by atoms with Gasteiger partial charge in [-0.05, 0) is 0 Å². The second kappa shape index (κ2) is 15.9. The summed E-state index contributed by atoms with van der Waals surface area (Å²) in [5.74, 6) is 0. The Kier molecular flexibility index (Phi) is 25.9. The van der Waals surface area contributed by atoms with Crippen LogP contribution in [0.2, 0.25) is 0 Å². The minimum Gasteiger partial charge on any atom is -0.473 e. The predicted octanol–water partition coefficient (Wildman–Crippen LogP) is 2.92. The molecule has 0 aromatic rings. The van der Waals surface area contributed by atoms with E-state index >= 15 is 0 Å². The second-order valence-corrected chi connectivity index (χ2v) is 1.86. The van der Waals surface area contributed by atoms with E-state index in [9.17, 15) is 0 Å². The molecule has 10 heavy (non-hydrogen) atoms. The first-order valence-corrected chi connectivity index (χ1v) is 3.32. The molecule has 0 fully saturated rings. The van der Waals surface area contributed by atoms with Crippen molar-refractivity contribution in [3.05, 3.63) is 13.2 Å². The molecular formula is C4H6Br2O4. The smallest absolute Gasteiger partial charge is 0.372 e. The van der Waals surface area contributed by atoms with Gasteiger partial charge in [-0.2, -0.15) is 0 Å². The van der Waals surface area contributed by atoms with Crippen molar-refractivity contribution in [1.29, 1.82) is 0 Å². The van der Waals surface area contributed by atoms with E-state index in [1.54, 1.807) is 0 Å². The Bertz CT molecular complexity index is 83.4. The van der Waals surface area contributed by atoms with Gasteiger partial charge in [-0.25, -0.2) is 9.59 Å². The topological polar surface area (TPSA) is 74.6 Å². The van der Waals surface area contributed by atoms with Crippen LogP contribution in [0.25, 0.3) is 0 Å². The van der Waals surface area contributed by atoms with E-state index in [2.05, 4.69) is 45.0 Å². The highest BCUT2D eigenvalue weighted by Gasteiger charge is 1.70. The normalized spacial score (nSPS) is 5.40. The van der Waals surface area contributed by atoms with Gasteiger partial charge in [-0.3, -0.25) is 0 Å². The van der Waals surface area contributed by atoms with Crippen molar-refractivity contribution >= 4 is 41.6 Å². The van der Waals surface area contributed by atoms with Crippen LogP contribution in [0.15, 0.2) is 13.2 Å². The number of carbonyl (C=O) groups is 2.